The number of rotatable bonds is 4. The number of aliphatic hydroxyl groups excluding tert-OH is 1. The topological polar surface area (TPSA) is 45.4 Å². The molecule has 0 saturated carbocycles. The van der Waals surface area contributed by atoms with Crippen LogP contribution in [0, 0.1) is 0 Å². The van der Waals surface area contributed by atoms with Crippen LogP contribution in [0.25, 0.3) is 0 Å². The highest BCUT2D eigenvalue weighted by Crippen LogP contribution is 2.25. The molecule has 3 heteroatoms. The zero-order valence-corrected chi connectivity index (χ0v) is 14.1. The van der Waals surface area contributed by atoms with E-state index in [1.807, 2.05) is 20.1 Å². The molecule has 2 rings (SSSR count). The van der Waals surface area contributed by atoms with Crippen LogP contribution in [-0.4, -0.2) is 24.8 Å². The molecule has 1 fully saturated rings. The summed E-state index contributed by atoms with van der Waals surface area (Å²) in [5.74, 6) is 0.721. The van der Waals surface area contributed by atoms with Crippen molar-refractivity contribution in [1.82, 2.24) is 5.32 Å². The van der Waals surface area contributed by atoms with Crippen LogP contribution in [-0.2, 0) is 0 Å². The van der Waals surface area contributed by atoms with Crippen LogP contribution in [0.5, 0.6) is 0 Å². The van der Waals surface area contributed by atoms with E-state index in [1.54, 1.807) is 24.5 Å². The zero-order chi connectivity index (χ0) is 16.6. The third-order valence-electron chi connectivity index (χ3n) is 3.37. The molecule has 3 nitrogen and oxygen atoms in total. The van der Waals surface area contributed by atoms with E-state index < -0.39 is 0 Å². The first-order valence-corrected chi connectivity index (χ1v) is 8.09. The lowest BCUT2D eigenvalue weighted by Gasteiger charge is -2.09. The minimum Gasteiger partial charge on any atom is -0.472 e. The fraction of sp³-hybridized carbons (Fsp3) is 0.474. The molecule has 124 valence electrons. The van der Waals surface area contributed by atoms with Crippen LogP contribution in [0.2, 0.25) is 0 Å². The monoisotopic (exact) mass is 305 g/mol. The summed E-state index contributed by atoms with van der Waals surface area (Å²) in [6, 6.07) is 2.09. The van der Waals surface area contributed by atoms with Crippen molar-refractivity contribution in [2.24, 2.45) is 0 Å². The van der Waals surface area contributed by atoms with Gasteiger partial charge >= 0.3 is 0 Å². The lowest BCUT2D eigenvalue weighted by Crippen LogP contribution is -2.13. The van der Waals surface area contributed by atoms with Crippen molar-refractivity contribution in [3.05, 3.63) is 61.1 Å². The Morgan fingerprint density at radius 3 is 2.64 bits per heavy atom. The van der Waals surface area contributed by atoms with Crippen LogP contribution in [0.3, 0.4) is 0 Å². The predicted molar refractivity (Wildman–Crippen MR) is 95.1 cm³/mol. The minimum absolute atomic E-state index is 0.0372. The third kappa shape index (κ3) is 8.65. The zero-order valence-electron chi connectivity index (χ0n) is 14.1. The molecule has 1 aliphatic rings. The summed E-state index contributed by atoms with van der Waals surface area (Å²) in [6.45, 7) is 13.3. The van der Waals surface area contributed by atoms with Gasteiger partial charge in [0.2, 0.25) is 0 Å². The average Bonchev–Trinajstić information content (AvgIpc) is 2.98. The van der Waals surface area contributed by atoms with Gasteiger partial charge in [-0.15, -0.1) is 0 Å². The quantitative estimate of drug-likeness (QED) is 0.808. The molecule has 0 amide bonds. The molecule has 2 heterocycles. The van der Waals surface area contributed by atoms with Crippen molar-refractivity contribution >= 4 is 0 Å². The summed E-state index contributed by atoms with van der Waals surface area (Å²) >= 11 is 0. The molecule has 2 N–H and O–H groups in total. The molecule has 0 aromatic carbocycles. The van der Waals surface area contributed by atoms with E-state index in [2.05, 4.69) is 24.5 Å². The maximum atomic E-state index is 8.47. The Kier molecular flexibility index (Phi) is 13.3. The van der Waals surface area contributed by atoms with Gasteiger partial charge in [-0.2, -0.15) is 0 Å². The number of furan rings is 1. The highest BCUT2D eigenvalue weighted by atomic mass is 16.3. The Balaban J connectivity index is 0.000000388. The Bertz CT molecular complexity index is 399. The van der Waals surface area contributed by atoms with Gasteiger partial charge in [0.15, 0.2) is 0 Å². The van der Waals surface area contributed by atoms with E-state index >= 15 is 0 Å². The van der Waals surface area contributed by atoms with Crippen molar-refractivity contribution in [3.63, 3.8) is 0 Å². The maximum absolute atomic E-state index is 8.47. The Morgan fingerprint density at radius 2 is 2.14 bits per heavy atom. The highest BCUT2D eigenvalue weighted by molar-refractivity contribution is 5.20. The fourth-order valence-corrected chi connectivity index (χ4v) is 2.20. The standard InChI is InChI=1S/C10H15NO.C7H10O.C2H6/c1-2-9(3-6-11-5-1)10-4-7-12-8-10;1-3-5-7(4-2)6-8;1-2/h4,7-9,11H,1-3,5-6H2;3-5,8H,1-2,6H2;1-2H3/b;7-5+;. The van der Waals surface area contributed by atoms with E-state index in [4.69, 9.17) is 9.52 Å². The van der Waals surface area contributed by atoms with Gasteiger partial charge in [-0.1, -0.05) is 45.2 Å². The number of nitrogens with one attached hydrogen (secondary N) is 1. The fourth-order valence-electron chi connectivity index (χ4n) is 2.20. The van der Waals surface area contributed by atoms with Crippen LogP contribution >= 0.6 is 0 Å². The molecule has 22 heavy (non-hydrogen) atoms. The van der Waals surface area contributed by atoms with E-state index in [-0.39, 0.29) is 6.61 Å². The first-order valence-electron chi connectivity index (χ1n) is 8.09. The highest BCUT2D eigenvalue weighted by Gasteiger charge is 2.14. The first kappa shape index (κ1) is 20.4. The molecule has 1 unspecified atom stereocenters. The van der Waals surface area contributed by atoms with E-state index in [0.29, 0.717) is 0 Å². The number of hydrogen-bond donors (Lipinski definition) is 2. The molecule has 0 aliphatic carbocycles. The SMILES string of the molecule is C=C/C=C(\C=C)CO.CC.c1cc(C2CCCNCC2)co1. The summed E-state index contributed by atoms with van der Waals surface area (Å²) in [4.78, 5) is 0. The molecule has 1 aromatic heterocycles. The lowest BCUT2D eigenvalue weighted by molar-refractivity contribution is 0.335. The Hall–Kier alpha value is -1.58. The van der Waals surface area contributed by atoms with E-state index in [9.17, 15) is 0 Å². The Morgan fingerprint density at radius 1 is 1.36 bits per heavy atom. The maximum Gasteiger partial charge on any atom is 0.0937 e. The van der Waals surface area contributed by atoms with Gasteiger partial charge in [-0.05, 0) is 55.5 Å². The van der Waals surface area contributed by atoms with Crippen LogP contribution in [0.1, 0.15) is 44.6 Å². The number of allylic oxidation sites excluding steroid dienone is 2. The molecule has 0 spiro atoms. The van der Waals surface area contributed by atoms with Crippen LogP contribution in [0.15, 0.2) is 60.0 Å². The minimum atomic E-state index is 0.0372. The van der Waals surface area contributed by atoms with Gasteiger partial charge in [0, 0.05) is 0 Å². The van der Waals surface area contributed by atoms with Crippen molar-refractivity contribution < 1.29 is 9.52 Å². The second-order valence-corrected chi connectivity index (χ2v) is 4.77. The Labute approximate surface area is 135 Å². The van der Waals surface area contributed by atoms with Gasteiger partial charge in [0.25, 0.3) is 0 Å². The molecule has 1 atom stereocenters. The summed E-state index contributed by atoms with van der Waals surface area (Å²) in [5.41, 5.74) is 2.17. The van der Waals surface area contributed by atoms with Gasteiger partial charge in [-0.3, -0.25) is 0 Å². The molecule has 0 radical (unpaired) electrons. The summed E-state index contributed by atoms with van der Waals surface area (Å²) < 4.78 is 5.09. The van der Waals surface area contributed by atoms with Crippen molar-refractivity contribution in [2.45, 2.75) is 39.0 Å². The van der Waals surface area contributed by atoms with Gasteiger partial charge in [0.05, 0.1) is 19.1 Å². The predicted octanol–water partition coefficient (Wildman–Crippen LogP) is 4.44. The van der Waals surface area contributed by atoms with Crippen molar-refractivity contribution in [1.29, 1.82) is 0 Å². The molecule has 1 saturated heterocycles. The van der Waals surface area contributed by atoms with E-state index in [1.165, 1.54) is 31.4 Å². The normalized spacial score (nSPS) is 18.0. The number of aliphatic hydroxyl groups is 1. The van der Waals surface area contributed by atoms with Gasteiger partial charge in [0.1, 0.15) is 0 Å². The van der Waals surface area contributed by atoms with Gasteiger partial charge in [-0.25, -0.2) is 0 Å². The molecular formula is C19H31NO2. The van der Waals surface area contributed by atoms with Crippen LogP contribution < -0.4 is 5.32 Å². The molecule has 1 aliphatic heterocycles. The van der Waals surface area contributed by atoms with Crippen LogP contribution in [0.4, 0.5) is 0 Å². The molecule has 0 bridgehead atoms. The van der Waals surface area contributed by atoms with Gasteiger partial charge < -0.3 is 14.8 Å². The average molecular weight is 305 g/mol. The smallest absolute Gasteiger partial charge is 0.0937 e. The summed E-state index contributed by atoms with van der Waals surface area (Å²) in [7, 11) is 0. The molecular weight excluding hydrogens is 274 g/mol. The van der Waals surface area contributed by atoms with Crippen molar-refractivity contribution in [3.8, 4) is 0 Å². The summed E-state index contributed by atoms with van der Waals surface area (Å²) in [5, 5.41) is 11.9. The number of hydrogen-bond acceptors (Lipinski definition) is 3. The molecule has 1 aromatic rings. The van der Waals surface area contributed by atoms with E-state index in [0.717, 1.165) is 18.0 Å². The summed E-state index contributed by atoms with van der Waals surface area (Å²) in [6.07, 6.45) is 12.4. The second-order valence-electron chi connectivity index (χ2n) is 4.77. The second kappa shape index (κ2) is 14.4. The first-order chi connectivity index (χ1) is 10.8. The third-order valence-corrected chi connectivity index (χ3v) is 3.37. The largest absolute Gasteiger partial charge is 0.472 e. The van der Waals surface area contributed by atoms with Crippen molar-refractivity contribution in [2.75, 3.05) is 19.7 Å². The lowest BCUT2D eigenvalue weighted by atomic mass is 9.94.